The summed E-state index contributed by atoms with van der Waals surface area (Å²) < 4.78 is 10.5. The van der Waals surface area contributed by atoms with Crippen molar-refractivity contribution in [2.45, 2.75) is 19.8 Å². The molecule has 0 aliphatic heterocycles. The number of benzene rings is 1. The second-order valence-corrected chi connectivity index (χ2v) is 4.61. The van der Waals surface area contributed by atoms with Crippen LogP contribution >= 0.6 is 12.4 Å². The molecule has 5 heteroatoms. The summed E-state index contributed by atoms with van der Waals surface area (Å²) in [5.74, 6) is 1.68. The first-order valence-corrected chi connectivity index (χ1v) is 6.50. The number of pyridine rings is 1. The molecule has 0 fully saturated rings. The largest absolute Gasteiger partial charge is 0.506 e. The van der Waals surface area contributed by atoms with E-state index in [0.29, 0.717) is 17.9 Å². The number of hydrogen-bond donors (Lipinski definition) is 1. The number of halogens is 1. The van der Waals surface area contributed by atoms with Crippen LogP contribution < -0.4 is 9.47 Å². The molecule has 1 aromatic carbocycles. The number of hydrogen-bond acceptors (Lipinski definition) is 4. The SMILES string of the molecule is COc1ccc(CCc2nc(C)ccc2O)cc1OC.Cl. The summed E-state index contributed by atoms with van der Waals surface area (Å²) >= 11 is 0. The molecule has 0 aliphatic carbocycles. The zero-order valence-electron chi connectivity index (χ0n) is 12.4. The monoisotopic (exact) mass is 309 g/mol. The Morgan fingerprint density at radius 2 is 1.71 bits per heavy atom. The van der Waals surface area contributed by atoms with Gasteiger partial charge in [-0.05, 0) is 49.6 Å². The topological polar surface area (TPSA) is 51.6 Å². The average molecular weight is 310 g/mol. The molecule has 0 spiro atoms. The van der Waals surface area contributed by atoms with Crippen LogP contribution in [0, 0.1) is 6.92 Å². The minimum atomic E-state index is 0. The van der Waals surface area contributed by atoms with Crippen LogP contribution in [0.3, 0.4) is 0 Å². The van der Waals surface area contributed by atoms with Crippen LogP contribution in [0.1, 0.15) is 17.0 Å². The van der Waals surface area contributed by atoms with Gasteiger partial charge in [-0.1, -0.05) is 6.07 Å². The van der Waals surface area contributed by atoms with Gasteiger partial charge in [-0.15, -0.1) is 12.4 Å². The molecule has 4 nitrogen and oxygen atoms in total. The van der Waals surface area contributed by atoms with Crippen molar-refractivity contribution in [1.82, 2.24) is 4.98 Å². The van der Waals surface area contributed by atoms with Crippen molar-refractivity contribution in [2.24, 2.45) is 0 Å². The third-order valence-electron chi connectivity index (χ3n) is 3.19. The van der Waals surface area contributed by atoms with Gasteiger partial charge in [-0.3, -0.25) is 4.98 Å². The molecule has 2 rings (SSSR count). The minimum Gasteiger partial charge on any atom is -0.506 e. The summed E-state index contributed by atoms with van der Waals surface area (Å²) in [5, 5.41) is 9.79. The van der Waals surface area contributed by atoms with Gasteiger partial charge in [-0.2, -0.15) is 0 Å². The summed E-state index contributed by atoms with van der Waals surface area (Å²) in [6.45, 7) is 1.92. The highest BCUT2D eigenvalue weighted by molar-refractivity contribution is 5.85. The van der Waals surface area contributed by atoms with Gasteiger partial charge in [0.05, 0.1) is 19.9 Å². The minimum absolute atomic E-state index is 0. The summed E-state index contributed by atoms with van der Waals surface area (Å²) in [6.07, 6.45) is 1.47. The van der Waals surface area contributed by atoms with Gasteiger partial charge in [0, 0.05) is 5.69 Å². The Labute approximate surface area is 131 Å². The van der Waals surface area contributed by atoms with Crippen LogP contribution in [-0.4, -0.2) is 24.3 Å². The van der Waals surface area contributed by atoms with Crippen LogP contribution in [0.5, 0.6) is 17.2 Å². The lowest BCUT2D eigenvalue weighted by molar-refractivity contribution is 0.354. The maximum atomic E-state index is 9.79. The fourth-order valence-electron chi connectivity index (χ4n) is 2.09. The van der Waals surface area contributed by atoms with Gasteiger partial charge in [0.25, 0.3) is 0 Å². The van der Waals surface area contributed by atoms with Gasteiger partial charge >= 0.3 is 0 Å². The summed E-state index contributed by atoms with van der Waals surface area (Å²) in [4.78, 5) is 4.36. The Morgan fingerprint density at radius 3 is 2.38 bits per heavy atom. The fourth-order valence-corrected chi connectivity index (χ4v) is 2.09. The Kier molecular flexibility index (Phi) is 6.31. The van der Waals surface area contributed by atoms with Crippen LogP contribution in [0.2, 0.25) is 0 Å². The highest BCUT2D eigenvalue weighted by Crippen LogP contribution is 2.28. The summed E-state index contributed by atoms with van der Waals surface area (Å²) in [5.41, 5.74) is 2.75. The van der Waals surface area contributed by atoms with Gasteiger partial charge in [0.1, 0.15) is 5.75 Å². The maximum Gasteiger partial charge on any atom is 0.160 e. The van der Waals surface area contributed by atoms with Crippen molar-refractivity contribution >= 4 is 12.4 Å². The van der Waals surface area contributed by atoms with E-state index in [-0.39, 0.29) is 18.2 Å². The van der Waals surface area contributed by atoms with Gasteiger partial charge in [0.15, 0.2) is 11.5 Å². The van der Waals surface area contributed by atoms with E-state index in [1.54, 1.807) is 26.4 Å². The fraction of sp³-hybridized carbons (Fsp3) is 0.312. The van der Waals surface area contributed by atoms with Gasteiger partial charge < -0.3 is 14.6 Å². The zero-order valence-corrected chi connectivity index (χ0v) is 13.2. The molecule has 0 radical (unpaired) electrons. The number of methoxy groups -OCH3 is 2. The van der Waals surface area contributed by atoms with E-state index < -0.39 is 0 Å². The number of nitrogens with zero attached hydrogens (tertiary/aromatic N) is 1. The molecule has 0 amide bonds. The smallest absolute Gasteiger partial charge is 0.160 e. The molecule has 1 aromatic heterocycles. The Balaban J connectivity index is 0.00000220. The molecular weight excluding hydrogens is 290 g/mol. The van der Waals surface area contributed by atoms with Crippen molar-refractivity contribution in [3.8, 4) is 17.2 Å². The van der Waals surface area contributed by atoms with Crippen LogP contribution in [0.25, 0.3) is 0 Å². The molecule has 2 aromatic rings. The second-order valence-electron chi connectivity index (χ2n) is 4.61. The van der Waals surface area contributed by atoms with Crippen LogP contribution in [0.4, 0.5) is 0 Å². The molecule has 0 saturated heterocycles. The molecule has 1 heterocycles. The van der Waals surface area contributed by atoms with E-state index in [0.717, 1.165) is 23.4 Å². The number of aromatic nitrogens is 1. The van der Waals surface area contributed by atoms with E-state index in [9.17, 15) is 5.11 Å². The molecule has 21 heavy (non-hydrogen) atoms. The lowest BCUT2D eigenvalue weighted by atomic mass is 10.1. The summed E-state index contributed by atoms with van der Waals surface area (Å²) in [6, 6.07) is 9.32. The van der Waals surface area contributed by atoms with Gasteiger partial charge in [-0.25, -0.2) is 0 Å². The lowest BCUT2D eigenvalue weighted by Gasteiger charge is -2.10. The molecule has 0 saturated carbocycles. The number of ether oxygens (including phenoxy) is 2. The molecule has 0 atom stereocenters. The van der Waals surface area contributed by atoms with Crippen LogP contribution in [0.15, 0.2) is 30.3 Å². The van der Waals surface area contributed by atoms with Crippen LogP contribution in [-0.2, 0) is 12.8 Å². The normalized spacial score (nSPS) is 9.86. The maximum absolute atomic E-state index is 9.79. The van der Waals surface area contributed by atoms with E-state index >= 15 is 0 Å². The van der Waals surface area contributed by atoms with Crippen molar-refractivity contribution in [3.05, 3.63) is 47.3 Å². The predicted octanol–water partition coefficient (Wildman–Crippen LogP) is 3.32. The number of aromatic hydroxyl groups is 1. The molecule has 0 bridgehead atoms. The predicted molar refractivity (Wildman–Crippen MR) is 84.8 cm³/mol. The second kappa shape index (κ2) is 7.74. The highest BCUT2D eigenvalue weighted by atomic mass is 35.5. The van der Waals surface area contributed by atoms with E-state index in [2.05, 4.69) is 4.98 Å². The van der Waals surface area contributed by atoms with Gasteiger partial charge in [0.2, 0.25) is 0 Å². The molecular formula is C16H20ClNO3. The van der Waals surface area contributed by atoms with Crippen molar-refractivity contribution in [3.63, 3.8) is 0 Å². The summed E-state index contributed by atoms with van der Waals surface area (Å²) in [7, 11) is 3.24. The van der Waals surface area contributed by atoms with E-state index in [4.69, 9.17) is 9.47 Å². The first-order valence-electron chi connectivity index (χ1n) is 6.50. The number of aryl methyl sites for hydroxylation is 3. The average Bonchev–Trinajstić information content (AvgIpc) is 2.47. The first kappa shape index (κ1) is 17.1. The van der Waals surface area contributed by atoms with E-state index in [1.165, 1.54) is 0 Å². The molecule has 0 aliphatic rings. The highest BCUT2D eigenvalue weighted by Gasteiger charge is 2.07. The number of rotatable bonds is 5. The quantitative estimate of drug-likeness (QED) is 0.920. The first-order chi connectivity index (χ1) is 9.63. The molecule has 114 valence electrons. The molecule has 0 unspecified atom stereocenters. The lowest BCUT2D eigenvalue weighted by Crippen LogP contribution is -1.98. The van der Waals surface area contributed by atoms with E-state index in [1.807, 2.05) is 25.1 Å². The third kappa shape index (κ3) is 4.26. The third-order valence-corrected chi connectivity index (χ3v) is 3.19. The van der Waals surface area contributed by atoms with Crippen molar-refractivity contribution < 1.29 is 14.6 Å². The standard InChI is InChI=1S/C16H19NO3.ClH/c1-11-4-8-14(18)13(17-11)7-5-12-6-9-15(19-2)16(10-12)20-3;/h4,6,8-10,18H,5,7H2,1-3H3;1H. The zero-order chi connectivity index (χ0) is 14.5. The Hall–Kier alpha value is -1.94. The Morgan fingerprint density at radius 1 is 1.00 bits per heavy atom. The Bertz CT molecular complexity index is 602. The molecule has 1 N–H and O–H groups in total. The van der Waals surface area contributed by atoms with Crippen molar-refractivity contribution in [1.29, 1.82) is 0 Å². The van der Waals surface area contributed by atoms with Crippen molar-refractivity contribution in [2.75, 3.05) is 14.2 Å².